The van der Waals surface area contributed by atoms with Crippen molar-refractivity contribution in [1.29, 1.82) is 0 Å². The third-order valence-electron chi connectivity index (χ3n) is 3.32. The summed E-state index contributed by atoms with van der Waals surface area (Å²) in [4.78, 5) is 4.14. The number of aromatic nitrogens is 4. The Hall–Kier alpha value is -1.43. The number of thioether (sulfide) groups is 1. The van der Waals surface area contributed by atoms with Gasteiger partial charge in [0.25, 0.3) is 0 Å². The van der Waals surface area contributed by atoms with Crippen LogP contribution in [0.3, 0.4) is 0 Å². The van der Waals surface area contributed by atoms with Crippen molar-refractivity contribution in [3.63, 3.8) is 0 Å². The van der Waals surface area contributed by atoms with Gasteiger partial charge < -0.3 is 4.57 Å². The zero-order chi connectivity index (χ0) is 15.7. The van der Waals surface area contributed by atoms with E-state index >= 15 is 0 Å². The van der Waals surface area contributed by atoms with Crippen LogP contribution in [0.2, 0.25) is 10.0 Å². The molecule has 0 aliphatic rings. The van der Waals surface area contributed by atoms with Crippen molar-refractivity contribution in [2.45, 2.75) is 18.5 Å². The van der Waals surface area contributed by atoms with Crippen LogP contribution in [0, 0.1) is 0 Å². The molecule has 114 valence electrons. The van der Waals surface area contributed by atoms with Crippen molar-refractivity contribution in [3.05, 3.63) is 47.0 Å². The Labute approximate surface area is 143 Å². The highest BCUT2D eigenvalue weighted by atomic mass is 35.5. The highest BCUT2D eigenvalue weighted by Gasteiger charge is 2.21. The van der Waals surface area contributed by atoms with Crippen LogP contribution in [0.25, 0.3) is 16.9 Å². The number of nitrogens with zero attached hydrogens (tertiary/aromatic N) is 4. The maximum absolute atomic E-state index is 6.38. The van der Waals surface area contributed by atoms with Gasteiger partial charge in [-0.3, -0.25) is 4.68 Å². The first-order valence-corrected chi connectivity index (χ1v) is 8.72. The second-order valence-corrected chi connectivity index (χ2v) is 6.25. The van der Waals surface area contributed by atoms with Crippen LogP contribution in [0.15, 0.2) is 41.9 Å². The van der Waals surface area contributed by atoms with E-state index < -0.39 is 0 Å². The number of halogens is 2. The molecule has 4 nitrogen and oxygen atoms in total. The minimum atomic E-state index is 0.585. The average molecular weight is 353 g/mol. The molecule has 0 fully saturated rings. The molecule has 0 radical (unpaired) electrons. The molecule has 0 saturated carbocycles. The monoisotopic (exact) mass is 352 g/mol. The molecule has 0 N–H and O–H groups in total. The van der Waals surface area contributed by atoms with E-state index in [-0.39, 0.29) is 0 Å². The quantitative estimate of drug-likeness (QED) is 0.633. The van der Waals surface area contributed by atoms with E-state index in [0.717, 1.165) is 28.5 Å². The molecule has 2 heterocycles. The number of rotatable bonds is 4. The van der Waals surface area contributed by atoms with Crippen LogP contribution in [0.5, 0.6) is 0 Å². The first-order valence-electron chi connectivity index (χ1n) is 6.74. The molecule has 0 aliphatic heterocycles. The first kappa shape index (κ1) is 15.5. The summed E-state index contributed by atoms with van der Waals surface area (Å²) in [7, 11) is 0. The average Bonchev–Trinajstić information content (AvgIpc) is 3.13. The fourth-order valence-corrected chi connectivity index (χ4v) is 3.61. The second kappa shape index (κ2) is 6.36. The van der Waals surface area contributed by atoms with Crippen LogP contribution in [-0.4, -0.2) is 25.6 Å². The molecule has 0 aliphatic carbocycles. The minimum absolute atomic E-state index is 0.585. The Morgan fingerprint density at radius 2 is 2.09 bits per heavy atom. The van der Waals surface area contributed by atoms with Gasteiger partial charge in [0, 0.05) is 29.5 Å². The molecule has 0 amide bonds. The summed E-state index contributed by atoms with van der Waals surface area (Å²) in [6.45, 7) is 2.85. The molecule has 22 heavy (non-hydrogen) atoms. The van der Waals surface area contributed by atoms with E-state index in [2.05, 4.69) is 11.9 Å². The zero-order valence-corrected chi connectivity index (χ0v) is 14.5. The summed E-state index contributed by atoms with van der Waals surface area (Å²) in [5, 5.41) is 7.00. The Kier molecular flexibility index (Phi) is 4.47. The molecule has 0 saturated heterocycles. The minimum Gasteiger partial charge on any atom is -0.302 e. The lowest BCUT2D eigenvalue weighted by molar-refractivity contribution is 0.605. The lowest BCUT2D eigenvalue weighted by Crippen LogP contribution is -1.99. The Morgan fingerprint density at radius 1 is 1.27 bits per heavy atom. The number of aryl methyl sites for hydroxylation is 1. The van der Waals surface area contributed by atoms with Gasteiger partial charge in [0.05, 0.1) is 11.3 Å². The van der Waals surface area contributed by atoms with Gasteiger partial charge in [-0.05, 0) is 31.4 Å². The third kappa shape index (κ3) is 2.64. The molecule has 3 rings (SSSR count). The van der Waals surface area contributed by atoms with Crippen LogP contribution < -0.4 is 0 Å². The fraction of sp³-hybridized carbons (Fsp3) is 0.200. The van der Waals surface area contributed by atoms with Crippen molar-refractivity contribution in [1.82, 2.24) is 19.3 Å². The van der Waals surface area contributed by atoms with Crippen LogP contribution >= 0.6 is 35.0 Å². The first-order chi connectivity index (χ1) is 10.7. The zero-order valence-electron chi connectivity index (χ0n) is 12.1. The molecular formula is C15H14Cl2N4S. The third-order valence-corrected chi connectivity index (χ3v) is 4.66. The number of benzene rings is 1. The van der Waals surface area contributed by atoms with E-state index in [1.54, 1.807) is 30.4 Å². The predicted molar refractivity (Wildman–Crippen MR) is 92.3 cm³/mol. The van der Waals surface area contributed by atoms with E-state index in [1.807, 2.05) is 33.8 Å². The summed E-state index contributed by atoms with van der Waals surface area (Å²) in [6, 6.07) is 5.46. The standard InChI is InChI=1S/C15H14Cl2N4S/c1-3-21-15(22-2)14(20-7-6-18-9-20)13(19-21)11-5-4-10(16)8-12(11)17/h4-9H,3H2,1-2H3. The highest BCUT2D eigenvalue weighted by molar-refractivity contribution is 7.98. The number of hydrogen-bond acceptors (Lipinski definition) is 3. The second-order valence-electron chi connectivity index (χ2n) is 4.62. The number of hydrogen-bond donors (Lipinski definition) is 0. The predicted octanol–water partition coefficient (Wildman–Crippen LogP) is 4.78. The van der Waals surface area contributed by atoms with Crippen molar-refractivity contribution in [2.24, 2.45) is 0 Å². The van der Waals surface area contributed by atoms with Gasteiger partial charge in [-0.15, -0.1) is 11.8 Å². The highest BCUT2D eigenvalue weighted by Crippen LogP contribution is 2.37. The molecule has 2 aromatic heterocycles. The van der Waals surface area contributed by atoms with Crippen molar-refractivity contribution < 1.29 is 0 Å². The Bertz CT molecular complexity index is 796. The summed E-state index contributed by atoms with van der Waals surface area (Å²) in [5.74, 6) is 0. The molecule has 0 atom stereocenters. The van der Waals surface area contributed by atoms with Crippen LogP contribution in [-0.2, 0) is 6.54 Å². The lowest BCUT2D eigenvalue weighted by atomic mass is 10.1. The number of imidazole rings is 1. The fourth-order valence-electron chi connectivity index (χ4n) is 2.34. The SMILES string of the molecule is CCn1nc(-c2ccc(Cl)cc2Cl)c(-n2ccnc2)c1SC. The molecule has 3 aromatic rings. The molecule has 0 spiro atoms. The van der Waals surface area contributed by atoms with E-state index in [4.69, 9.17) is 28.3 Å². The Morgan fingerprint density at radius 3 is 2.68 bits per heavy atom. The van der Waals surface area contributed by atoms with E-state index in [9.17, 15) is 0 Å². The van der Waals surface area contributed by atoms with Gasteiger partial charge in [-0.25, -0.2) is 4.98 Å². The maximum atomic E-state index is 6.38. The molecule has 1 aromatic carbocycles. The van der Waals surface area contributed by atoms with Gasteiger partial charge in [0.1, 0.15) is 16.4 Å². The molecule has 0 unspecified atom stereocenters. The van der Waals surface area contributed by atoms with Crippen molar-refractivity contribution in [3.8, 4) is 16.9 Å². The normalized spacial score (nSPS) is 11.1. The Balaban J connectivity index is 2.29. The topological polar surface area (TPSA) is 35.6 Å². The smallest absolute Gasteiger partial charge is 0.119 e. The molecule has 7 heteroatoms. The van der Waals surface area contributed by atoms with Crippen LogP contribution in [0.4, 0.5) is 0 Å². The largest absolute Gasteiger partial charge is 0.302 e. The molecular weight excluding hydrogens is 339 g/mol. The van der Waals surface area contributed by atoms with Crippen molar-refractivity contribution >= 4 is 35.0 Å². The van der Waals surface area contributed by atoms with Gasteiger partial charge >= 0.3 is 0 Å². The summed E-state index contributed by atoms with van der Waals surface area (Å²) in [5.41, 5.74) is 2.67. The van der Waals surface area contributed by atoms with Crippen LogP contribution in [0.1, 0.15) is 6.92 Å². The van der Waals surface area contributed by atoms with Gasteiger partial charge in [-0.1, -0.05) is 23.2 Å². The van der Waals surface area contributed by atoms with E-state index in [0.29, 0.717) is 10.0 Å². The van der Waals surface area contributed by atoms with Gasteiger partial charge in [0.15, 0.2) is 0 Å². The van der Waals surface area contributed by atoms with Crippen molar-refractivity contribution in [2.75, 3.05) is 6.26 Å². The maximum Gasteiger partial charge on any atom is 0.119 e. The van der Waals surface area contributed by atoms with E-state index in [1.165, 1.54) is 0 Å². The molecule has 0 bridgehead atoms. The summed E-state index contributed by atoms with van der Waals surface area (Å²) >= 11 is 14.0. The summed E-state index contributed by atoms with van der Waals surface area (Å²) < 4.78 is 3.94. The lowest BCUT2D eigenvalue weighted by Gasteiger charge is -2.07. The van der Waals surface area contributed by atoms with Gasteiger partial charge in [-0.2, -0.15) is 5.10 Å². The summed E-state index contributed by atoms with van der Waals surface area (Å²) in [6.07, 6.45) is 7.46. The van der Waals surface area contributed by atoms with Gasteiger partial charge in [0.2, 0.25) is 0 Å².